The van der Waals surface area contributed by atoms with Crippen molar-refractivity contribution in [1.29, 1.82) is 0 Å². The molecule has 1 heterocycles. The van der Waals surface area contributed by atoms with Gasteiger partial charge in [0.25, 0.3) is 0 Å². The van der Waals surface area contributed by atoms with Crippen LogP contribution in [-0.4, -0.2) is 16.2 Å². The number of carbonyl (C=O) groups is 1. The standard InChI is InChI=1S/C11H5F4NO3/c12-5-1-2-7(11(13,14)15)6(3-5)8-4-9(10(17)18)19-16-8/h1-4H,(H,17,18). The van der Waals surface area contributed by atoms with Crippen LogP contribution in [0, 0.1) is 5.82 Å². The molecule has 2 aromatic rings. The quantitative estimate of drug-likeness (QED) is 0.855. The van der Waals surface area contributed by atoms with Crippen LogP contribution in [0.1, 0.15) is 16.1 Å². The minimum atomic E-state index is -4.72. The fourth-order valence-electron chi connectivity index (χ4n) is 1.48. The smallest absolute Gasteiger partial charge is 0.417 e. The van der Waals surface area contributed by atoms with E-state index in [1.54, 1.807) is 0 Å². The molecule has 1 aromatic carbocycles. The normalized spacial score (nSPS) is 11.6. The van der Waals surface area contributed by atoms with Gasteiger partial charge in [0.1, 0.15) is 11.5 Å². The van der Waals surface area contributed by atoms with Crippen molar-refractivity contribution in [2.75, 3.05) is 0 Å². The molecular formula is C11H5F4NO3. The fourth-order valence-corrected chi connectivity index (χ4v) is 1.48. The molecule has 0 unspecified atom stereocenters. The van der Waals surface area contributed by atoms with E-state index in [1.165, 1.54) is 0 Å². The van der Waals surface area contributed by atoms with Gasteiger partial charge < -0.3 is 9.63 Å². The molecular weight excluding hydrogens is 270 g/mol. The van der Waals surface area contributed by atoms with E-state index in [0.29, 0.717) is 18.2 Å². The van der Waals surface area contributed by atoms with Crippen LogP contribution >= 0.6 is 0 Å². The number of aromatic carboxylic acids is 1. The Kier molecular flexibility index (Phi) is 3.01. The van der Waals surface area contributed by atoms with E-state index in [9.17, 15) is 22.4 Å². The number of nitrogens with zero attached hydrogens (tertiary/aromatic N) is 1. The van der Waals surface area contributed by atoms with E-state index < -0.39 is 40.5 Å². The van der Waals surface area contributed by atoms with Gasteiger partial charge in [0.15, 0.2) is 0 Å². The number of carboxylic acid groups (broad SMARTS) is 1. The molecule has 19 heavy (non-hydrogen) atoms. The second-order valence-corrected chi connectivity index (χ2v) is 3.57. The number of hydrogen-bond donors (Lipinski definition) is 1. The molecule has 2 rings (SSSR count). The summed E-state index contributed by atoms with van der Waals surface area (Å²) in [5.41, 5.74) is -2.10. The van der Waals surface area contributed by atoms with Crippen LogP contribution in [0.3, 0.4) is 0 Å². The third-order valence-electron chi connectivity index (χ3n) is 2.28. The van der Waals surface area contributed by atoms with E-state index >= 15 is 0 Å². The van der Waals surface area contributed by atoms with Gasteiger partial charge in [0.2, 0.25) is 5.76 Å². The second-order valence-electron chi connectivity index (χ2n) is 3.57. The summed E-state index contributed by atoms with van der Waals surface area (Å²) in [6.07, 6.45) is -4.72. The number of hydrogen-bond acceptors (Lipinski definition) is 3. The summed E-state index contributed by atoms with van der Waals surface area (Å²) in [7, 11) is 0. The van der Waals surface area contributed by atoms with Gasteiger partial charge in [0.05, 0.1) is 5.56 Å². The molecule has 8 heteroatoms. The summed E-state index contributed by atoms with van der Waals surface area (Å²) in [4.78, 5) is 10.6. The summed E-state index contributed by atoms with van der Waals surface area (Å²) in [5.74, 6) is -3.01. The number of carboxylic acids is 1. The Hall–Kier alpha value is -2.38. The van der Waals surface area contributed by atoms with Crippen LogP contribution in [0.4, 0.5) is 17.6 Å². The average Bonchev–Trinajstić information content (AvgIpc) is 2.76. The van der Waals surface area contributed by atoms with Gasteiger partial charge in [0, 0.05) is 11.6 Å². The number of benzene rings is 1. The molecule has 0 bridgehead atoms. The van der Waals surface area contributed by atoms with Gasteiger partial charge in [-0.15, -0.1) is 0 Å². The second kappa shape index (κ2) is 4.38. The Labute approximate surface area is 103 Å². The first kappa shape index (κ1) is 13.1. The maximum atomic E-state index is 13.0. The Morgan fingerprint density at radius 1 is 1.26 bits per heavy atom. The van der Waals surface area contributed by atoms with Crippen LogP contribution in [0.5, 0.6) is 0 Å². The topological polar surface area (TPSA) is 63.3 Å². The largest absolute Gasteiger partial charge is 0.475 e. The molecule has 0 saturated heterocycles. The van der Waals surface area contributed by atoms with Gasteiger partial charge in [-0.05, 0) is 18.2 Å². The molecule has 0 radical (unpaired) electrons. The maximum Gasteiger partial charge on any atom is 0.417 e. The van der Waals surface area contributed by atoms with Crippen molar-refractivity contribution >= 4 is 5.97 Å². The van der Waals surface area contributed by atoms with Crippen LogP contribution in [-0.2, 0) is 6.18 Å². The van der Waals surface area contributed by atoms with Crippen LogP contribution < -0.4 is 0 Å². The molecule has 0 aliphatic carbocycles. The summed E-state index contributed by atoms with van der Waals surface area (Å²) < 4.78 is 55.6. The van der Waals surface area contributed by atoms with E-state index in [4.69, 9.17) is 5.11 Å². The molecule has 1 N–H and O–H groups in total. The fraction of sp³-hybridized carbons (Fsp3) is 0.0909. The molecule has 0 fully saturated rings. The number of rotatable bonds is 2. The summed E-state index contributed by atoms with van der Waals surface area (Å²) >= 11 is 0. The minimum absolute atomic E-state index is 0.399. The first-order valence-electron chi connectivity index (χ1n) is 4.86. The molecule has 0 aliphatic rings. The highest BCUT2D eigenvalue weighted by molar-refractivity contribution is 5.85. The van der Waals surface area contributed by atoms with E-state index in [2.05, 4.69) is 9.68 Å². The molecule has 0 amide bonds. The molecule has 0 spiro atoms. The van der Waals surface area contributed by atoms with Crippen molar-refractivity contribution in [1.82, 2.24) is 5.16 Å². The van der Waals surface area contributed by atoms with E-state index in [1.807, 2.05) is 0 Å². The lowest BCUT2D eigenvalue weighted by atomic mass is 10.0. The highest BCUT2D eigenvalue weighted by Gasteiger charge is 2.34. The Bertz CT molecular complexity index is 633. The zero-order chi connectivity index (χ0) is 14.2. The van der Waals surface area contributed by atoms with Crippen molar-refractivity contribution in [2.24, 2.45) is 0 Å². The van der Waals surface area contributed by atoms with Crippen LogP contribution in [0.2, 0.25) is 0 Å². The van der Waals surface area contributed by atoms with E-state index in [-0.39, 0.29) is 0 Å². The Balaban J connectivity index is 2.59. The number of aromatic nitrogens is 1. The van der Waals surface area contributed by atoms with Gasteiger partial charge >= 0.3 is 12.1 Å². The van der Waals surface area contributed by atoms with Crippen molar-refractivity contribution in [3.63, 3.8) is 0 Å². The van der Waals surface area contributed by atoms with Crippen LogP contribution in [0.15, 0.2) is 28.8 Å². The van der Waals surface area contributed by atoms with Crippen molar-refractivity contribution in [3.05, 3.63) is 41.4 Å². The molecule has 0 saturated carbocycles. The molecule has 4 nitrogen and oxygen atoms in total. The third kappa shape index (κ3) is 2.56. The molecule has 1 aromatic heterocycles. The molecule has 0 aliphatic heterocycles. The maximum absolute atomic E-state index is 13.0. The Morgan fingerprint density at radius 2 is 1.95 bits per heavy atom. The first-order valence-corrected chi connectivity index (χ1v) is 4.86. The number of alkyl halides is 3. The van der Waals surface area contributed by atoms with Gasteiger partial charge in [-0.3, -0.25) is 0 Å². The molecule has 0 atom stereocenters. The van der Waals surface area contributed by atoms with E-state index in [0.717, 1.165) is 6.07 Å². The van der Waals surface area contributed by atoms with Gasteiger partial charge in [-0.1, -0.05) is 5.16 Å². The minimum Gasteiger partial charge on any atom is -0.475 e. The zero-order valence-electron chi connectivity index (χ0n) is 9.03. The Morgan fingerprint density at radius 3 is 2.47 bits per heavy atom. The lowest BCUT2D eigenvalue weighted by molar-refractivity contribution is -0.137. The SMILES string of the molecule is O=C(O)c1cc(-c2cc(F)ccc2C(F)(F)F)no1. The van der Waals surface area contributed by atoms with Gasteiger partial charge in [-0.25, -0.2) is 9.18 Å². The lowest BCUT2D eigenvalue weighted by Gasteiger charge is -2.10. The third-order valence-corrected chi connectivity index (χ3v) is 2.28. The predicted molar refractivity (Wildman–Crippen MR) is 53.9 cm³/mol. The van der Waals surface area contributed by atoms with Crippen molar-refractivity contribution in [3.8, 4) is 11.3 Å². The zero-order valence-corrected chi connectivity index (χ0v) is 9.03. The average molecular weight is 275 g/mol. The number of halogens is 4. The summed E-state index contributed by atoms with van der Waals surface area (Å²) in [6, 6.07) is 2.63. The monoisotopic (exact) mass is 275 g/mol. The van der Waals surface area contributed by atoms with Crippen LogP contribution in [0.25, 0.3) is 11.3 Å². The van der Waals surface area contributed by atoms with Crippen molar-refractivity contribution < 1.29 is 32.0 Å². The lowest BCUT2D eigenvalue weighted by Crippen LogP contribution is -2.07. The molecule has 100 valence electrons. The summed E-state index contributed by atoms with van der Waals surface area (Å²) in [6.45, 7) is 0. The highest BCUT2D eigenvalue weighted by Crippen LogP contribution is 2.37. The summed E-state index contributed by atoms with van der Waals surface area (Å²) in [5, 5.41) is 11.8. The van der Waals surface area contributed by atoms with Gasteiger partial charge in [-0.2, -0.15) is 13.2 Å². The predicted octanol–water partition coefficient (Wildman–Crippen LogP) is 3.20. The first-order chi connectivity index (χ1) is 8.79. The highest BCUT2D eigenvalue weighted by atomic mass is 19.4. The van der Waals surface area contributed by atoms with Crippen molar-refractivity contribution in [2.45, 2.75) is 6.18 Å².